The van der Waals surface area contributed by atoms with Crippen LogP contribution in [0.4, 0.5) is 4.39 Å². The summed E-state index contributed by atoms with van der Waals surface area (Å²) in [6.07, 6.45) is 0. The second-order valence-electron chi connectivity index (χ2n) is 7.92. The minimum atomic E-state index is -0.500. The third-order valence-corrected chi connectivity index (χ3v) is 5.05. The Balaban J connectivity index is 1.63. The first-order valence-corrected chi connectivity index (χ1v) is 10.3. The molecule has 1 heterocycles. The zero-order chi connectivity index (χ0) is 23.4. The molecule has 7 nitrogen and oxygen atoms in total. The highest BCUT2D eigenvalue weighted by molar-refractivity contribution is 5.97. The molecule has 0 fully saturated rings. The lowest BCUT2D eigenvalue weighted by Gasteiger charge is -2.15. The Bertz CT molecular complexity index is 1140. The summed E-state index contributed by atoms with van der Waals surface area (Å²) in [5, 5.41) is 4.36. The van der Waals surface area contributed by atoms with Crippen molar-refractivity contribution in [3.8, 4) is 11.4 Å². The van der Waals surface area contributed by atoms with Crippen LogP contribution in [-0.2, 0) is 4.79 Å². The summed E-state index contributed by atoms with van der Waals surface area (Å²) in [4.78, 5) is 24.9. The number of carbonyl (C=O) groups is 2. The number of benzene rings is 2. The van der Waals surface area contributed by atoms with Crippen LogP contribution >= 0.6 is 0 Å². The molecule has 0 unspecified atom stereocenters. The van der Waals surface area contributed by atoms with Gasteiger partial charge in [0.2, 0.25) is 0 Å². The predicted molar refractivity (Wildman–Crippen MR) is 119 cm³/mol. The Morgan fingerprint density at radius 2 is 1.75 bits per heavy atom. The van der Waals surface area contributed by atoms with Crippen molar-refractivity contribution in [2.75, 3.05) is 6.61 Å². The number of hydrogen-bond donors (Lipinski definition) is 2. The standard InChI is InChI=1S/C24H27FN4O3/c1-14(2)20-11-6-15(3)12-21(20)32-13-22(30)26-27-24(31)23-16(4)28-29(17(23)5)19-9-7-18(25)8-10-19/h6-12,14H,13H2,1-5H3,(H,26,30)(H,27,31). The van der Waals surface area contributed by atoms with E-state index in [1.807, 2.05) is 25.1 Å². The van der Waals surface area contributed by atoms with Crippen LogP contribution in [0.15, 0.2) is 42.5 Å². The van der Waals surface area contributed by atoms with E-state index in [2.05, 4.69) is 29.8 Å². The lowest BCUT2D eigenvalue weighted by atomic mass is 10.0. The van der Waals surface area contributed by atoms with Crippen molar-refractivity contribution >= 4 is 11.8 Å². The first-order chi connectivity index (χ1) is 15.2. The van der Waals surface area contributed by atoms with Gasteiger partial charge in [-0.1, -0.05) is 26.0 Å². The summed E-state index contributed by atoms with van der Waals surface area (Å²) in [7, 11) is 0. The van der Waals surface area contributed by atoms with Crippen LogP contribution in [0, 0.1) is 26.6 Å². The van der Waals surface area contributed by atoms with E-state index in [4.69, 9.17) is 4.74 Å². The van der Waals surface area contributed by atoms with E-state index in [9.17, 15) is 14.0 Å². The number of aryl methyl sites for hydroxylation is 2. The summed E-state index contributed by atoms with van der Waals surface area (Å²) in [6, 6.07) is 11.7. The maximum Gasteiger partial charge on any atom is 0.276 e. The second kappa shape index (κ2) is 9.64. The van der Waals surface area contributed by atoms with Gasteiger partial charge < -0.3 is 4.74 Å². The van der Waals surface area contributed by atoms with Crippen molar-refractivity contribution in [2.24, 2.45) is 0 Å². The van der Waals surface area contributed by atoms with E-state index in [0.717, 1.165) is 11.1 Å². The van der Waals surface area contributed by atoms with Crippen molar-refractivity contribution in [1.82, 2.24) is 20.6 Å². The normalized spacial score (nSPS) is 10.8. The van der Waals surface area contributed by atoms with Crippen molar-refractivity contribution < 1.29 is 18.7 Å². The Morgan fingerprint density at radius 3 is 2.41 bits per heavy atom. The molecule has 2 amide bonds. The number of halogens is 1. The van der Waals surface area contributed by atoms with Gasteiger partial charge in [-0.3, -0.25) is 20.4 Å². The van der Waals surface area contributed by atoms with Gasteiger partial charge in [-0.2, -0.15) is 5.10 Å². The molecule has 3 aromatic rings. The number of hydrogen-bond acceptors (Lipinski definition) is 4. The fourth-order valence-electron chi connectivity index (χ4n) is 3.42. The summed E-state index contributed by atoms with van der Waals surface area (Å²) < 4.78 is 20.4. The Hall–Kier alpha value is -3.68. The molecule has 0 atom stereocenters. The molecule has 0 aliphatic rings. The zero-order valence-corrected chi connectivity index (χ0v) is 18.8. The average Bonchev–Trinajstić information content (AvgIpc) is 3.04. The van der Waals surface area contributed by atoms with E-state index in [1.54, 1.807) is 30.7 Å². The number of ether oxygens (including phenoxy) is 1. The zero-order valence-electron chi connectivity index (χ0n) is 18.8. The highest BCUT2D eigenvalue weighted by Gasteiger charge is 2.20. The molecule has 0 saturated carbocycles. The molecule has 0 aliphatic carbocycles. The fraction of sp³-hybridized carbons (Fsp3) is 0.292. The second-order valence-corrected chi connectivity index (χ2v) is 7.92. The van der Waals surface area contributed by atoms with Gasteiger partial charge in [-0.15, -0.1) is 0 Å². The number of amides is 2. The monoisotopic (exact) mass is 438 g/mol. The lowest BCUT2D eigenvalue weighted by molar-refractivity contribution is -0.123. The molecule has 0 bridgehead atoms. The van der Waals surface area contributed by atoms with Gasteiger partial charge in [0.1, 0.15) is 11.6 Å². The molecule has 32 heavy (non-hydrogen) atoms. The van der Waals surface area contributed by atoms with Crippen molar-refractivity contribution in [3.05, 3.63) is 76.4 Å². The fourth-order valence-corrected chi connectivity index (χ4v) is 3.42. The minimum Gasteiger partial charge on any atom is -0.483 e. The smallest absolute Gasteiger partial charge is 0.276 e. The Labute approximate surface area is 186 Å². The number of carbonyl (C=O) groups excluding carboxylic acids is 2. The summed E-state index contributed by atoms with van der Waals surface area (Å²) in [6.45, 7) is 9.24. The van der Waals surface area contributed by atoms with Crippen LogP contribution in [0.3, 0.4) is 0 Å². The van der Waals surface area contributed by atoms with E-state index in [0.29, 0.717) is 28.4 Å². The van der Waals surface area contributed by atoms with E-state index < -0.39 is 11.8 Å². The number of aromatic nitrogens is 2. The number of nitrogens with one attached hydrogen (secondary N) is 2. The average molecular weight is 439 g/mol. The van der Waals surface area contributed by atoms with Gasteiger partial charge in [-0.25, -0.2) is 9.07 Å². The van der Waals surface area contributed by atoms with Gasteiger partial charge in [0, 0.05) is 0 Å². The summed E-state index contributed by atoms with van der Waals surface area (Å²) >= 11 is 0. The van der Waals surface area contributed by atoms with Crippen LogP contribution in [0.5, 0.6) is 5.75 Å². The Kier molecular flexibility index (Phi) is 6.92. The van der Waals surface area contributed by atoms with Gasteiger partial charge in [0.25, 0.3) is 11.8 Å². The minimum absolute atomic E-state index is 0.240. The largest absolute Gasteiger partial charge is 0.483 e. The molecule has 8 heteroatoms. The van der Waals surface area contributed by atoms with Crippen LogP contribution in [0.2, 0.25) is 0 Å². The first-order valence-electron chi connectivity index (χ1n) is 10.3. The van der Waals surface area contributed by atoms with E-state index in [-0.39, 0.29) is 18.3 Å². The van der Waals surface area contributed by atoms with Crippen molar-refractivity contribution in [1.29, 1.82) is 0 Å². The van der Waals surface area contributed by atoms with Crippen molar-refractivity contribution in [2.45, 2.75) is 40.5 Å². The number of rotatable bonds is 6. The first kappa shape index (κ1) is 23.0. The van der Waals surface area contributed by atoms with Crippen LogP contribution in [-0.4, -0.2) is 28.2 Å². The molecular formula is C24H27FN4O3. The number of hydrazine groups is 1. The quantitative estimate of drug-likeness (QED) is 0.572. The molecule has 2 aromatic carbocycles. The maximum atomic E-state index is 13.2. The molecule has 3 rings (SSSR count). The summed E-state index contributed by atoms with van der Waals surface area (Å²) in [5.74, 6) is -0.453. The molecule has 1 aromatic heterocycles. The molecular weight excluding hydrogens is 411 g/mol. The Morgan fingerprint density at radius 1 is 1.06 bits per heavy atom. The van der Waals surface area contributed by atoms with Gasteiger partial charge in [0.05, 0.1) is 22.6 Å². The van der Waals surface area contributed by atoms with Crippen LogP contribution < -0.4 is 15.6 Å². The molecule has 0 saturated heterocycles. The molecule has 0 radical (unpaired) electrons. The summed E-state index contributed by atoms with van der Waals surface area (Å²) in [5.41, 5.74) is 8.83. The maximum absolute atomic E-state index is 13.2. The highest BCUT2D eigenvalue weighted by Crippen LogP contribution is 2.27. The van der Waals surface area contributed by atoms with Crippen LogP contribution in [0.25, 0.3) is 5.69 Å². The molecule has 2 N–H and O–H groups in total. The van der Waals surface area contributed by atoms with E-state index >= 15 is 0 Å². The highest BCUT2D eigenvalue weighted by atomic mass is 19.1. The van der Waals surface area contributed by atoms with E-state index in [1.165, 1.54) is 12.1 Å². The molecule has 0 aliphatic heterocycles. The van der Waals surface area contributed by atoms with Crippen LogP contribution in [0.1, 0.15) is 52.6 Å². The van der Waals surface area contributed by atoms with Gasteiger partial charge in [-0.05, 0) is 68.1 Å². The van der Waals surface area contributed by atoms with Crippen molar-refractivity contribution in [3.63, 3.8) is 0 Å². The molecule has 0 spiro atoms. The topological polar surface area (TPSA) is 85.2 Å². The molecule has 168 valence electrons. The lowest BCUT2D eigenvalue weighted by Crippen LogP contribution is -2.44. The predicted octanol–water partition coefficient (Wildman–Crippen LogP) is 3.90. The third-order valence-electron chi connectivity index (χ3n) is 5.05. The SMILES string of the molecule is Cc1ccc(C(C)C)c(OCC(=O)NNC(=O)c2c(C)nn(-c3ccc(F)cc3)c2C)c1. The number of nitrogens with zero attached hydrogens (tertiary/aromatic N) is 2. The van der Waals surface area contributed by atoms with Gasteiger partial charge >= 0.3 is 0 Å². The van der Waals surface area contributed by atoms with Gasteiger partial charge in [0.15, 0.2) is 6.61 Å². The third kappa shape index (κ3) is 5.14.